The molecule has 0 aliphatic heterocycles. The van der Waals surface area contributed by atoms with Gasteiger partial charge < -0.3 is 11.1 Å². The van der Waals surface area contributed by atoms with Gasteiger partial charge in [0.2, 0.25) is 5.91 Å². The minimum atomic E-state index is 0.0121. The van der Waals surface area contributed by atoms with Gasteiger partial charge in [-0.15, -0.1) is 0 Å². The highest BCUT2D eigenvalue weighted by Crippen LogP contribution is 2.27. The van der Waals surface area contributed by atoms with Crippen LogP contribution in [0.15, 0.2) is 6.33 Å². The van der Waals surface area contributed by atoms with E-state index >= 15 is 0 Å². The second-order valence-electron chi connectivity index (χ2n) is 5.29. The first-order valence-corrected chi connectivity index (χ1v) is 7.07. The Kier molecular flexibility index (Phi) is 5.23. The normalized spacial score (nSPS) is 22.4. The number of nitrogens with one attached hydrogen (secondary N) is 2. The molecule has 0 atom stereocenters. The minimum absolute atomic E-state index is 0.0121. The summed E-state index contributed by atoms with van der Waals surface area (Å²) in [5.74, 6) is 0.741. The van der Waals surface area contributed by atoms with Crippen LogP contribution in [0.4, 0.5) is 0 Å². The summed E-state index contributed by atoms with van der Waals surface area (Å²) in [5, 5.41) is 9.27. The van der Waals surface area contributed by atoms with E-state index in [-0.39, 0.29) is 17.7 Å². The maximum Gasteiger partial charge on any atom is 0.221 e. The zero-order valence-electron chi connectivity index (χ0n) is 11.5. The summed E-state index contributed by atoms with van der Waals surface area (Å²) in [5.41, 5.74) is 5.35. The van der Waals surface area contributed by atoms with Crippen molar-refractivity contribution in [2.45, 2.75) is 44.6 Å². The van der Waals surface area contributed by atoms with Crippen LogP contribution in [0.3, 0.4) is 0 Å². The van der Waals surface area contributed by atoms with Gasteiger partial charge in [0, 0.05) is 25.4 Å². The number of Topliss-reactive ketones (excluding diaryl/α,β-unsaturated/α-hetero) is 1. The van der Waals surface area contributed by atoms with Crippen LogP contribution in [-0.2, 0) is 4.79 Å². The molecule has 0 saturated heterocycles. The molecule has 1 aromatic heterocycles. The highest BCUT2D eigenvalue weighted by Gasteiger charge is 2.25. The molecule has 1 heterocycles. The molecule has 0 aromatic carbocycles. The van der Waals surface area contributed by atoms with E-state index in [4.69, 9.17) is 5.73 Å². The van der Waals surface area contributed by atoms with Gasteiger partial charge in [-0.3, -0.25) is 14.7 Å². The van der Waals surface area contributed by atoms with Gasteiger partial charge in [-0.05, 0) is 31.6 Å². The second-order valence-corrected chi connectivity index (χ2v) is 5.29. The van der Waals surface area contributed by atoms with Crippen molar-refractivity contribution in [3.8, 4) is 0 Å². The first kappa shape index (κ1) is 14.6. The molecule has 7 nitrogen and oxygen atoms in total. The standard InChI is InChI=1S/C13H21N5O2/c14-6-5-12(20)17-10-3-1-9(2-4-10)7-11(19)13-15-8-16-18-13/h8-10H,1-7,14H2,(H,17,20)(H,15,16,18). The van der Waals surface area contributed by atoms with Gasteiger partial charge in [-0.25, -0.2) is 4.98 Å². The lowest BCUT2D eigenvalue weighted by atomic mass is 9.83. The highest BCUT2D eigenvalue weighted by atomic mass is 16.1. The fourth-order valence-corrected chi connectivity index (χ4v) is 2.64. The average Bonchev–Trinajstić information content (AvgIpc) is 2.95. The predicted molar refractivity (Wildman–Crippen MR) is 72.9 cm³/mol. The van der Waals surface area contributed by atoms with Crippen LogP contribution in [0.1, 0.15) is 49.1 Å². The van der Waals surface area contributed by atoms with Crippen molar-refractivity contribution < 1.29 is 9.59 Å². The molecular formula is C13H21N5O2. The highest BCUT2D eigenvalue weighted by molar-refractivity contribution is 5.92. The third-order valence-electron chi connectivity index (χ3n) is 3.74. The number of carbonyl (C=O) groups is 2. The van der Waals surface area contributed by atoms with Crippen LogP contribution in [0, 0.1) is 5.92 Å². The lowest BCUT2D eigenvalue weighted by molar-refractivity contribution is -0.121. The summed E-state index contributed by atoms with van der Waals surface area (Å²) in [6.07, 6.45) is 5.97. The quantitative estimate of drug-likeness (QED) is 0.652. The van der Waals surface area contributed by atoms with E-state index in [1.54, 1.807) is 0 Å². The molecular weight excluding hydrogens is 258 g/mol. The maximum atomic E-state index is 11.9. The number of aromatic amines is 1. The van der Waals surface area contributed by atoms with Crippen molar-refractivity contribution in [2.24, 2.45) is 11.7 Å². The topological polar surface area (TPSA) is 114 Å². The number of carbonyl (C=O) groups excluding carboxylic acids is 2. The SMILES string of the molecule is NCCC(=O)NC1CCC(CC(=O)c2ncn[nH]2)CC1. The number of H-pyrrole nitrogens is 1. The minimum Gasteiger partial charge on any atom is -0.353 e. The lowest BCUT2D eigenvalue weighted by Gasteiger charge is -2.28. The van der Waals surface area contributed by atoms with Crippen LogP contribution in [0.25, 0.3) is 0 Å². The summed E-state index contributed by atoms with van der Waals surface area (Å²) in [6, 6.07) is 0.227. The number of nitrogens with two attached hydrogens (primary N) is 1. The van der Waals surface area contributed by atoms with E-state index in [0.29, 0.717) is 31.1 Å². The molecule has 20 heavy (non-hydrogen) atoms. The molecule has 0 bridgehead atoms. The number of amides is 1. The zero-order valence-corrected chi connectivity index (χ0v) is 11.5. The Morgan fingerprint density at radius 2 is 2.10 bits per heavy atom. The van der Waals surface area contributed by atoms with Crippen LogP contribution in [0.2, 0.25) is 0 Å². The largest absolute Gasteiger partial charge is 0.353 e. The van der Waals surface area contributed by atoms with Crippen LogP contribution in [0.5, 0.6) is 0 Å². The number of rotatable bonds is 6. The van der Waals surface area contributed by atoms with Crippen molar-refractivity contribution in [1.82, 2.24) is 20.5 Å². The fourth-order valence-electron chi connectivity index (χ4n) is 2.64. The zero-order chi connectivity index (χ0) is 14.4. The third kappa shape index (κ3) is 4.12. The van der Waals surface area contributed by atoms with Gasteiger partial charge in [0.1, 0.15) is 6.33 Å². The van der Waals surface area contributed by atoms with E-state index in [1.807, 2.05) is 0 Å². The van der Waals surface area contributed by atoms with Crippen molar-refractivity contribution in [3.63, 3.8) is 0 Å². The first-order chi connectivity index (χ1) is 9.69. The summed E-state index contributed by atoms with van der Waals surface area (Å²) in [6.45, 7) is 0.382. The first-order valence-electron chi connectivity index (χ1n) is 7.07. The van der Waals surface area contributed by atoms with Crippen molar-refractivity contribution >= 4 is 11.7 Å². The van der Waals surface area contributed by atoms with Gasteiger partial charge >= 0.3 is 0 Å². The van der Waals surface area contributed by atoms with Crippen LogP contribution in [-0.4, -0.2) is 39.5 Å². The molecule has 1 aliphatic carbocycles. The smallest absolute Gasteiger partial charge is 0.221 e. The van der Waals surface area contributed by atoms with Crippen molar-refractivity contribution in [1.29, 1.82) is 0 Å². The van der Waals surface area contributed by atoms with E-state index in [1.165, 1.54) is 6.33 Å². The van der Waals surface area contributed by atoms with Crippen molar-refractivity contribution in [2.75, 3.05) is 6.54 Å². The molecule has 0 radical (unpaired) electrons. The Morgan fingerprint density at radius 3 is 2.70 bits per heavy atom. The maximum absolute atomic E-state index is 11.9. The number of aromatic nitrogens is 3. The molecule has 1 amide bonds. The number of hydrogen-bond donors (Lipinski definition) is 3. The second kappa shape index (κ2) is 7.14. The molecule has 4 N–H and O–H groups in total. The molecule has 7 heteroatoms. The summed E-state index contributed by atoms with van der Waals surface area (Å²) >= 11 is 0. The number of hydrogen-bond acceptors (Lipinski definition) is 5. The average molecular weight is 279 g/mol. The summed E-state index contributed by atoms with van der Waals surface area (Å²) in [4.78, 5) is 27.2. The monoisotopic (exact) mass is 279 g/mol. The Hall–Kier alpha value is -1.76. The third-order valence-corrected chi connectivity index (χ3v) is 3.74. The predicted octanol–water partition coefficient (Wildman–Crippen LogP) is 0.401. The van der Waals surface area contributed by atoms with Gasteiger partial charge in [0.15, 0.2) is 11.6 Å². The molecule has 0 unspecified atom stereocenters. The number of ketones is 1. The van der Waals surface area contributed by atoms with Gasteiger partial charge in [-0.1, -0.05) is 0 Å². The Balaban J connectivity index is 1.71. The summed E-state index contributed by atoms with van der Waals surface area (Å²) < 4.78 is 0. The Bertz CT molecular complexity index is 438. The lowest BCUT2D eigenvalue weighted by Crippen LogP contribution is -2.38. The van der Waals surface area contributed by atoms with Gasteiger partial charge in [0.05, 0.1) is 0 Å². The Labute approximate surface area is 117 Å². The van der Waals surface area contributed by atoms with Crippen LogP contribution >= 0.6 is 0 Å². The molecule has 1 fully saturated rings. The fraction of sp³-hybridized carbons (Fsp3) is 0.692. The van der Waals surface area contributed by atoms with E-state index in [9.17, 15) is 9.59 Å². The number of nitrogens with zero attached hydrogens (tertiary/aromatic N) is 2. The molecule has 1 aromatic rings. The van der Waals surface area contributed by atoms with E-state index < -0.39 is 0 Å². The summed E-state index contributed by atoms with van der Waals surface area (Å²) in [7, 11) is 0. The van der Waals surface area contributed by atoms with E-state index in [2.05, 4.69) is 20.5 Å². The molecule has 1 aliphatic rings. The molecule has 0 spiro atoms. The van der Waals surface area contributed by atoms with Crippen LogP contribution < -0.4 is 11.1 Å². The molecule has 1 saturated carbocycles. The van der Waals surface area contributed by atoms with Gasteiger partial charge in [0.25, 0.3) is 0 Å². The Morgan fingerprint density at radius 1 is 1.35 bits per heavy atom. The van der Waals surface area contributed by atoms with Crippen molar-refractivity contribution in [3.05, 3.63) is 12.2 Å². The van der Waals surface area contributed by atoms with E-state index in [0.717, 1.165) is 25.7 Å². The van der Waals surface area contributed by atoms with Gasteiger partial charge in [-0.2, -0.15) is 5.10 Å². The molecule has 110 valence electrons. The molecule has 2 rings (SSSR count).